The largest absolute Gasteiger partial charge is 0.481 e. The van der Waals surface area contributed by atoms with Gasteiger partial charge in [-0.1, -0.05) is 24.1 Å². The molecule has 1 aliphatic rings. The fraction of sp³-hybridized carbons (Fsp3) is 0.385. The zero-order chi connectivity index (χ0) is 14.0. The highest BCUT2D eigenvalue weighted by molar-refractivity contribution is 6.34. The number of nitrogens with one attached hydrogen (secondary N) is 1. The number of carboxylic acid groups (broad SMARTS) is 1. The van der Waals surface area contributed by atoms with Gasteiger partial charge in [0.1, 0.15) is 5.82 Å². The van der Waals surface area contributed by atoms with Crippen molar-refractivity contribution >= 4 is 23.5 Å². The quantitative estimate of drug-likeness (QED) is 0.893. The Balaban J connectivity index is 2.06. The molecule has 2 N–H and O–H groups in total. The molecule has 0 saturated heterocycles. The van der Waals surface area contributed by atoms with Gasteiger partial charge in [0.25, 0.3) is 5.91 Å². The fourth-order valence-electron chi connectivity index (χ4n) is 2.09. The van der Waals surface area contributed by atoms with Crippen LogP contribution in [0.3, 0.4) is 0 Å². The first kappa shape index (κ1) is 13.8. The van der Waals surface area contributed by atoms with Gasteiger partial charge in [-0.2, -0.15) is 0 Å². The average molecular weight is 286 g/mol. The molecule has 0 aromatic heterocycles. The Labute approximate surface area is 114 Å². The number of aliphatic carboxylic acids is 1. The first-order valence-corrected chi connectivity index (χ1v) is 6.30. The van der Waals surface area contributed by atoms with Crippen molar-refractivity contribution in [3.63, 3.8) is 0 Å². The van der Waals surface area contributed by atoms with E-state index in [1.807, 2.05) is 0 Å². The molecule has 1 amide bonds. The van der Waals surface area contributed by atoms with E-state index in [-0.39, 0.29) is 17.1 Å². The van der Waals surface area contributed by atoms with Crippen LogP contribution in [0.2, 0.25) is 5.02 Å². The number of carbonyl (C=O) groups excluding carboxylic acids is 1. The third kappa shape index (κ3) is 2.56. The van der Waals surface area contributed by atoms with Crippen LogP contribution >= 0.6 is 11.6 Å². The second-order valence-corrected chi connectivity index (χ2v) is 5.10. The monoisotopic (exact) mass is 285 g/mol. The topological polar surface area (TPSA) is 66.4 Å². The minimum Gasteiger partial charge on any atom is -0.481 e. The number of carbonyl (C=O) groups is 2. The number of carboxylic acids is 1. The standard InChI is InChI=1S/C13H13ClFNO3/c14-10-8(3-1-4-9(10)15)11(17)16-7-13(12(18)19)5-2-6-13/h1,3-4H,2,5-7H2,(H,16,17)(H,18,19). The van der Waals surface area contributed by atoms with E-state index in [9.17, 15) is 14.0 Å². The Hall–Kier alpha value is -1.62. The molecule has 0 bridgehead atoms. The summed E-state index contributed by atoms with van der Waals surface area (Å²) in [6.07, 6.45) is 1.92. The first-order chi connectivity index (χ1) is 8.96. The SMILES string of the molecule is O=C(NCC1(C(=O)O)CCC1)c1cccc(F)c1Cl. The Kier molecular flexibility index (Phi) is 3.75. The van der Waals surface area contributed by atoms with Gasteiger partial charge in [0.15, 0.2) is 0 Å². The molecule has 0 spiro atoms. The van der Waals surface area contributed by atoms with Crippen LogP contribution in [-0.4, -0.2) is 23.5 Å². The molecule has 0 aliphatic heterocycles. The first-order valence-electron chi connectivity index (χ1n) is 5.92. The molecule has 0 heterocycles. The van der Waals surface area contributed by atoms with Crippen molar-refractivity contribution in [2.24, 2.45) is 5.41 Å². The van der Waals surface area contributed by atoms with E-state index in [4.69, 9.17) is 16.7 Å². The minimum atomic E-state index is -0.913. The lowest BCUT2D eigenvalue weighted by atomic mass is 9.69. The Morgan fingerprint density at radius 1 is 1.42 bits per heavy atom. The van der Waals surface area contributed by atoms with Crippen LogP contribution < -0.4 is 5.32 Å². The average Bonchev–Trinajstić information content (AvgIpc) is 2.30. The van der Waals surface area contributed by atoms with Gasteiger partial charge < -0.3 is 10.4 Å². The van der Waals surface area contributed by atoms with E-state index in [2.05, 4.69) is 5.32 Å². The van der Waals surface area contributed by atoms with E-state index in [0.29, 0.717) is 12.8 Å². The van der Waals surface area contributed by atoms with Crippen molar-refractivity contribution in [3.05, 3.63) is 34.6 Å². The van der Waals surface area contributed by atoms with E-state index in [1.165, 1.54) is 12.1 Å². The van der Waals surface area contributed by atoms with Crippen molar-refractivity contribution in [1.82, 2.24) is 5.32 Å². The summed E-state index contributed by atoms with van der Waals surface area (Å²) in [4.78, 5) is 23.0. The third-order valence-corrected chi connectivity index (χ3v) is 3.93. The Morgan fingerprint density at radius 3 is 2.63 bits per heavy atom. The van der Waals surface area contributed by atoms with Crippen LogP contribution in [0, 0.1) is 11.2 Å². The zero-order valence-corrected chi connectivity index (χ0v) is 10.8. The third-order valence-electron chi connectivity index (χ3n) is 3.55. The summed E-state index contributed by atoms with van der Waals surface area (Å²) in [5.41, 5.74) is -0.864. The Bertz CT molecular complexity index is 529. The van der Waals surface area contributed by atoms with E-state index in [0.717, 1.165) is 12.5 Å². The summed E-state index contributed by atoms with van der Waals surface area (Å²) in [5.74, 6) is -2.15. The predicted molar refractivity (Wildman–Crippen MR) is 67.7 cm³/mol. The van der Waals surface area contributed by atoms with Gasteiger partial charge in [0, 0.05) is 6.54 Å². The lowest BCUT2D eigenvalue weighted by Gasteiger charge is -2.37. The molecule has 2 rings (SSSR count). The fourth-order valence-corrected chi connectivity index (χ4v) is 2.31. The highest BCUT2D eigenvalue weighted by atomic mass is 35.5. The highest BCUT2D eigenvalue weighted by Crippen LogP contribution is 2.40. The summed E-state index contributed by atoms with van der Waals surface area (Å²) in [6, 6.07) is 3.94. The maximum atomic E-state index is 13.2. The number of halogens is 2. The van der Waals surface area contributed by atoms with Gasteiger partial charge in [0.05, 0.1) is 16.0 Å². The van der Waals surface area contributed by atoms with Gasteiger partial charge in [-0.05, 0) is 25.0 Å². The van der Waals surface area contributed by atoms with E-state index in [1.54, 1.807) is 0 Å². The predicted octanol–water partition coefficient (Wildman–Crippen LogP) is 2.46. The van der Waals surface area contributed by atoms with E-state index < -0.39 is 23.1 Å². The van der Waals surface area contributed by atoms with Crippen molar-refractivity contribution in [2.45, 2.75) is 19.3 Å². The van der Waals surface area contributed by atoms with Gasteiger partial charge in [-0.25, -0.2) is 4.39 Å². The van der Waals surface area contributed by atoms with Crippen LogP contribution in [0.1, 0.15) is 29.6 Å². The Morgan fingerprint density at radius 2 is 2.11 bits per heavy atom. The zero-order valence-electron chi connectivity index (χ0n) is 10.1. The molecule has 1 aromatic rings. The molecule has 0 atom stereocenters. The number of rotatable bonds is 4. The number of benzene rings is 1. The van der Waals surface area contributed by atoms with Gasteiger partial charge in [0.2, 0.25) is 0 Å². The summed E-state index contributed by atoms with van der Waals surface area (Å²) >= 11 is 5.70. The van der Waals surface area contributed by atoms with Gasteiger partial charge in [-0.15, -0.1) is 0 Å². The van der Waals surface area contributed by atoms with Gasteiger partial charge >= 0.3 is 5.97 Å². The molecule has 102 valence electrons. The molecule has 0 radical (unpaired) electrons. The summed E-state index contributed by atoms with van der Waals surface area (Å²) in [6.45, 7) is 0.0357. The normalized spacial score (nSPS) is 16.5. The molecule has 1 fully saturated rings. The van der Waals surface area contributed by atoms with Crippen LogP contribution in [0.25, 0.3) is 0 Å². The van der Waals surface area contributed by atoms with Crippen LogP contribution in [0.15, 0.2) is 18.2 Å². The molecule has 6 heteroatoms. The van der Waals surface area contributed by atoms with Crippen LogP contribution in [0.5, 0.6) is 0 Å². The molecule has 4 nitrogen and oxygen atoms in total. The van der Waals surface area contributed by atoms with Crippen molar-refractivity contribution in [3.8, 4) is 0 Å². The maximum Gasteiger partial charge on any atom is 0.311 e. The molecular formula is C13H13ClFNO3. The summed E-state index contributed by atoms with van der Waals surface area (Å²) in [7, 11) is 0. The molecule has 19 heavy (non-hydrogen) atoms. The molecular weight excluding hydrogens is 273 g/mol. The molecule has 1 aromatic carbocycles. The van der Waals surface area contributed by atoms with Crippen LogP contribution in [0.4, 0.5) is 4.39 Å². The summed E-state index contributed by atoms with van der Waals surface area (Å²) in [5, 5.41) is 11.4. The van der Waals surface area contributed by atoms with Crippen molar-refractivity contribution in [2.75, 3.05) is 6.54 Å². The minimum absolute atomic E-state index is 0.0153. The van der Waals surface area contributed by atoms with Crippen LogP contribution in [-0.2, 0) is 4.79 Å². The second-order valence-electron chi connectivity index (χ2n) is 4.72. The number of hydrogen-bond donors (Lipinski definition) is 2. The second kappa shape index (κ2) is 5.17. The lowest BCUT2D eigenvalue weighted by Crippen LogP contribution is -2.47. The molecule has 1 aliphatic carbocycles. The lowest BCUT2D eigenvalue weighted by molar-refractivity contribution is -0.153. The molecule has 0 unspecified atom stereocenters. The molecule has 1 saturated carbocycles. The van der Waals surface area contributed by atoms with Crippen molar-refractivity contribution in [1.29, 1.82) is 0 Å². The number of amides is 1. The maximum absolute atomic E-state index is 13.2. The van der Waals surface area contributed by atoms with E-state index >= 15 is 0 Å². The highest BCUT2D eigenvalue weighted by Gasteiger charge is 2.44. The smallest absolute Gasteiger partial charge is 0.311 e. The number of hydrogen-bond acceptors (Lipinski definition) is 2. The van der Waals surface area contributed by atoms with Crippen molar-refractivity contribution < 1.29 is 19.1 Å². The van der Waals surface area contributed by atoms with Gasteiger partial charge in [-0.3, -0.25) is 9.59 Å². The summed E-state index contributed by atoms with van der Waals surface area (Å²) < 4.78 is 13.2.